The number of aromatic nitrogens is 2. The number of carbonyl (C=O) groups excluding carboxylic acids is 1. The van der Waals surface area contributed by atoms with Gasteiger partial charge in [-0.25, -0.2) is 0 Å². The third-order valence-corrected chi connectivity index (χ3v) is 4.31. The summed E-state index contributed by atoms with van der Waals surface area (Å²) < 4.78 is 1.86. The number of guanidine groups is 1. The van der Waals surface area contributed by atoms with Crippen LogP contribution in [0, 0.1) is 13.8 Å². The monoisotopic (exact) mass is 356 g/mol. The predicted octanol–water partition coefficient (Wildman–Crippen LogP) is 1.06. The molecule has 3 N–H and O–H groups in total. The van der Waals surface area contributed by atoms with Crippen LogP contribution < -0.4 is 16.0 Å². The fraction of sp³-hybridized carbons (Fsp3) is 0.421. The molecule has 0 fully saturated rings. The Bertz CT molecular complexity index is 751. The topological polar surface area (TPSA) is 83.3 Å². The lowest BCUT2D eigenvalue weighted by molar-refractivity contribution is -0.119. The van der Waals surface area contributed by atoms with E-state index in [-0.39, 0.29) is 12.5 Å². The Morgan fingerprint density at radius 3 is 2.50 bits per heavy atom. The van der Waals surface area contributed by atoms with E-state index in [4.69, 9.17) is 0 Å². The van der Waals surface area contributed by atoms with Crippen molar-refractivity contribution in [2.45, 2.75) is 26.8 Å². The van der Waals surface area contributed by atoms with Gasteiger partial charge in [0.05, 0.1) is 12.2 Å². The molecule has 0 saturated carbocycles. The van der Waals surface area contributed by atoms with Crippen molar-refractivity contribution in [2.75, 3.05) is 20.1 Å². The summed E-state index contributed by atoms with van der Waals surface area (Å²) in [7, 11) is 3.62. The molecule has 0 spiro atoms. The van der Waals surface area contributed by atoms with Crippen molar-refractivity contribution in [1.29, 1.82) is 0 Å². The lowest BCUT2D eigenvalue weighted by Gasteiger charge is -2.12. The normalized spacial score (nSPS) is 11.3. The van der Waals surface area contributed by atoms with Crippen molar-refractivity contribution < 1.29 is 4.79 Å². The van der Waals surface area contributed by atoms with Gasteiger partial charge in [-0.05, 0) is 25.8 Å². The summed E-state index contributed by atoms with van der Waals surface area (Å²) >= 11 is 0. The number of amides is 1. The highest BCUT2D eigenvalue weighted by Gasteiger charge is 2.10. The van der Waals surface area contributed by atoms with E-state index in [0.29, 0.717) is 19.0 Å². The number of nitrogens with one attached hydrogen (secondary N) is 3. The predicted molar refractivity (Wildman–Crippen MR) is 104 cm³/mol. The highest BCUT2D eigenvalue weighted by atomic mass is 16.1. The van der Waals surface area contributed by atoms with Crippen LogP contribution in [0.4, 0.5) is 0 Å². The largest absolute Gasteiger partial charge is 0.354 e. The van der Waals surface area contributed by atoms with Gasteiger partial charge in [0.15, 0.2) is 5.96 Å². The molecule has 0 unspecified atom stereocenters. The molecule has 0 radical (unpaired) electrons. The molecular weight excluding hydrogens is 328 g/mol. The molecule has 2 aromatic rings. The Morgan fingerprint density at radius 1 is 1.15 bits per heavy atom. The maximum atomic E-state index is 12.0. The Morgan fingerprint density at radius 2 is 1.88 bits per heavy atom. The van der Waals surface area contributed by atoms with E-state index in [1.165, 1.54) is 5.56 Å². The number of aliphatic imine (C=N–C) groups is 1. The van der Waals surface area contributed by atoms with Crippen molar-refractivity contribution >= 4 is 11.9 Å². The Kier molecular flexibility index (Phi) is 7.20. The number of nitrogens with zero attached hydrogens (tertiary/aromatic N) is 3. The molecule has 1 aromatic heterocycles. The van der Waals surface area contributed by atoms with Gasteiger partial charge in [0.2, 0.25) is 5.91 Å². The maximum Gasteiger partial charge on any atom is 0.239 e. The smallest absolute Gasteiger partial charge is 0.239 e. The summed E-state index contributed by atoms with van der Waals surface area (Å²) in [6.45, 7) is 5.43. The van der Waals surface area contributed by atoms with Gasteiger partial charge in [0.25, 0.3) is 0 Å². The van der Waals surface area contributed by atoms with Crippen LogP contribution in [-0.4, -0.2) is 41.8 Å². The van der Waals surface area contributed by atoms with Crippen molar-refractivity contribution in [3.8, 4) is 0 Å². The second-order valence-electron chi connectivity index (χ2n) is 6.14. The minimum atomic E-state index is -0.0578. The van der Waals surface area contributed by atoms with Gasteiger partial charge < -0.3 is 16.0 Å². The molecule has 0 aliphatic heterocycles. The number of carbonyl (C=O) groups is 1. The summed E-state index contributed by atoms with van der Waals surface area (Å²) in [6.07, 6.45) is 0.819. The molecule has 0 aliphatic carbocycles. The van der Waals surface area contributed by atoms with E-state index >= 15 is 0 Å². The number of benzene rings is 1. The Hall–Kier alpha value is -2.83. The molecule has 0 atom stereocenters. The molecule has 7 nitrogen and oxygen atoms in total. The minimum Gasteiger partial charge on any atom is -0.354 e. The average Bonchev–Trinajstić information content (AvgIpc) is 2.88. The molecule has 1 aromatic carbocycles. The van der Waals surface area contributed by atoms with Crippen LogP contribution in [0.25, 0.3) is 0 Å². The molecule has 0 saturated heterocycles. The van der Waals surface area contributed by atoms with Crippen molar-refractivity contribution in [1.82, 2.24) is 25.7 Å². The molecular formula is C19H28N6O. The van der Waals surface area contributed by atoms with Crippen LogP contribution in [0.5, 0.6) is 0 Å². The first-order chi connectivity index (χ1) is 12.5. The van der Waals surface area contributed by atoms with Gasteiger partial charge in [-0.3, -0.25) is 14.5 Å². The first kappa shape index (κ1) is 19.5. The molecule has 1 amide bonds. The standard InChI is InChI=1S/C19H28N6O/c1-14-17(15(2)25(4)24-14)12-22-19(20-3)23-13-18(26)21-11-10-16-8-6-5-7-9-16/h5-9H,10-13H2,1-4H3,(H,21,26)(H2,20,22,23). The van der Waals surface area contributed by atoms with Crippen molar-refractivity contribution in [3.63, 3.8) is 0 Å². The van der Waals surface area contributed by atoms with Crippen LogP contribution in [0.3, 0.4) is 0 Å². The van der Waals surface area contributed by atoms with Gasteiger partial charge in [-0.15, -0.1) is 0 Å². The molecule has 7 heteroatoms. The quantitative estimate of drug-likeness (QED) is 0.512. The molecule has 0 aliphatic rings. The highest BCUT2D eigenvalue weighted by Crippen LogP contribution is 2.10. The first-order valence-electron chi connectivity index (χ1n) is 8.75. The van der Waals surface area contributed by atoms with Crippen molar-refractivity contribution in [2.24, 2.45) is 12.0 Å². The van der Waals surface area contributed by atoms with Crippen LogP contribution >= 0.6 is 0 Å². The lowest BCUT2D eigenvalue weighted by Crippen LogP contribution is -2.43. The van der Waals surface area contributed by atoms with E-state index < -0.39 is 0 Å². The molecule has 140 valence electrons. The van der Waals surface area contributed by atoms with E-state index in [0.717, 1.165) is 23.4 Å². The van der Waals surface area contributed by atoms with Crippen LogP contribution in [0.15, 0.2) is 35.3 Å². The zero-order valence-corrected chi connectivity index (χ0v) is 16.0. The maximum absolute atomic E-state index is 12.0. The van der Waals surface area contributed by atoms with Gasteiger partial charge in [-0.1, -0.05) is 30.3 Å². The second kappa shape index (κ2) is 9.60. The van der Waals surface area contributed by atoms with Gasteiger partial charge >= 0.3 is 0 Å². The number of hydrogen-bond acceptors (Lipinski definition) is 3. The fourth-order valence-corrected chi connectivity index (χ4v) is 2.68. The molecule has 26 heavy (non-hydrogen) atoms. The number of aryl methyl sites for hydroxylation is 2. The highest BCUT2D eigenvalue weighted by molar-refractivity contribution is 5.86. The van der Waals surface area contributed by atoms with E-state index in [9.17, 15) is 4.79 Å². The SMILES string of the molecule is CN=C(NCC(=O)NCCc1ccccc1)NCc1c(C)nn(C)c1C. The van der Waals surface area contributed by atoms with E-state index in [1.54, 1.807) is 7.05 Å². The summed E-state index contributed by atoms with van der Waals surface area (Å²) in [4.78, 5) is 16.1. The minimum absolute atomic E-state index is 0.0578. The van der Waals surface area contributed by atoms with E-state index in [2.05, 4.69) is 38.2 Å². The number of rotatable bonds is 7. The molecule has 1 heterocycles. The average molecular weight is 356 g/mol. The third-order valence-electron chi connectivity index (χ3n) is 4.31. The summed E-state index contributed by atoms with van der Waals surface area (Å²) in [5, 5.41) is 13.6. The summed E-state index contributed by atoms with van der Waals surface area (Å²) in [5.41, 5.74) is 4.46. The van der Waals surface area contributed by atoms with Gasteiger partial charge in [0, 0.05) is 38.4 Å². The second-order valence-corrected chi connectivity index (χ2v) is 6.14. The van der Waals surface area contributed by atoms with Gasteiger partial charge in [-0.2, -0.15) is 5.10 Å². The van der Waals surface area contributed by atoms with Crippen molar-refractivity contribution in [3.05, 3.63) is 52.8 Å². The zero-order chi connectivity index (χ0) is 18.9. The van der Waals surface area contributed by atoms with E-state index in [1.807, 2.05) is 43.8 Å². The zero-order valence-electron chi connectivity index (χ0n) is 16.0. The Labute approximate surface area is 154 Å². The fourth-order valence-electron chi connectivity index (χ4n) is 2.68. The summed E-state index contributed by atoms with van der Waals surface area (Å²) in [6, 6.07) is 10.1. The Balaban J connectivity index is 1.71. The number of hydrogen-bond donors (Lipinski definition) is 3. The lowest BCUT2D eigenvalue weighted by atomic mass is 10.1. The molecule has 0 bridgehead atoms. The third kappa shape index (κ3) is 5.61. The van der Waals surface area contributed by atoms with Crippen LogP contribution in [0.2, 0.25) is 0 Å². The summed E-state index contributed by atoms with van der Waals surface area (Å²) in [5.74, 6) is 0.531. The van der Waals surface area contributed by atoms with Crippen LogP contribution in [0.1, 0.15) is 22.5 Å². The van der Waals surface area contributed by atoms with Crippen LogP contribution in [-0.2, 0) is 24.8 Å². The molecule has 2 rings (SSSR count). The van der Waals surface area contributed by atoms with Gasteiger partial charge in [0.1, 0.15) is 0 Å². The first-order valence-corrected chi connectivity index (χ1v) is 8.75.